The Hall–Kier alpha value is -2.33. The second-order valence-corrected chi connectivity index (χ2v) is 5.73. The van der Waals surface area contributed by atoms with Gasteiger partial charge in [0.2, 0.25) is 6.23 Å². The Morgan fingerprint density at radius 2 is 1.50 bits per heavy atom. The first-order chi connectivity index (χ1) is 10.8. The normalized spacial score (nSPS) is 20.3. The van der Waals surface area contributed by atoms with Crippen molar-refractivity contribution in [2.24, 2.45) is 0 Å². The van der Waals surface area contributed by atoms with Crippen LogP contribution in [0.3, 0.4) is 0 Å². The molecule has 0 saturated carbocycles. The van der Waals surface area contributed by atoms with Crippen LogP contribution in [0, 0.1) is 0 Å². The molecule has 22 heavy (non-hydrogen) atoms. The summed E-state index contributed by atoms with van der Waals surface area (Å²) in [7, 11) is 0. The minimum absolute atomic E-state index is 0.0262. The first kappa shape index (κ1) is 13.3. The molecule has 4 nitrogen and oxygen atoms in total. The molecule has 1 atom stereocenters. The van der Waals surface area contributed by atoms with Crippen molar-refractivity contribution < 1.29 is 9.63 Å². The molecule has 0 radical (unpaired) electrons. The smallest absolute Gasteiger partial charge is 0.322 e. The van der Waals surface area contributed by atoms with Crippen LogP contribution in [0.1, 0.15) is 22.9 Å². The molecule has 0 spiro atoms. The summed E-state index contributed by atoms with van der Waals surface area (Å²) in [5.74, 6) is 0. The van der Waals surface area contributed by atoms with E-state index in [1.54, 1.807) is 0 Å². The molecule has 2 aliphatic rings. The van der Waals surface area contributed by atoms with Gasteiger partial charge in [0.25, 0.3) is 0 Å². The van der Waals surface area contributed by atoms with Crippen LogP contribution in [-0.2, 0) is 17.7 Å². The topological polar surface area (TPSA) is 35.9 Å². The summed E-state index contributed by atoms with van der Waals surface area (Å²) < 4.78 is 0. The molecule has 4 rings (SSSR count). The molecular weight excluding hydrogens is 276 g/mol. The van der Waals surface area contributed by atoms with Gasteiger partial charge in [-0.15, -0.1) is 0 Å². The zero-order valence-corrected chi connectivity index (χ0v) is 12.3. The predicted molar refractivity (Wildman–Crippen MR) is 82.9 cm³/mol. The monoisotopic (exact) mass is 294 g/mol. The first-order valence-electron chi connectivity index (χ1n) is 7.69. The molecule has 2 amide bonds. The summed E-state index contributed by atoms with van der Waals surface area (Å²) in [6.07, 6.45) is 1.59. The van der Waals surface area contributed by atoms with Gasteiger partial charge in [-0.25, -0.2) is 9.63 Å². The van der Waals surface area contributed by atoms with Crippen molar-refractivity contribution in [1.82, 2.24) is 9.96 Å². The molecule has 4 heteroatoms. The third-order valence-electron chi connectivity index (χ3n) is 4.35. The maximum absolute atomic E-state index is 12.6. The van der Waals surface area contributed by atoms with Gasteiger partial charge in [0.15, 0.2) is 0 Å². The minimum atomic E-state index is -0.223. The summed E-state index contributed by atoms with van der Waals surface area (Å²) in [5, 5.41) is 1.48. The lowest BCUT2D eigenvalue weighted by atomic mass is 10.0. The number of rotatable bonds is 1. The molecule has 2 aliphatic heterocycles. The number of hydrogen-bond acceptors (Lipinski definition) is 2. The zero-order valence-electron chi connectivity index (χ0n) is 12.3. The van der Waals surface area contributed by atoms with Crippen molar-refractivity contribution in [2.75, 3.05) is 13.1 Å². The average molecular weight is 294 g/mol. The van der Waals surface area contributed by atoms with E-state index in [4.69, 9.17) is 4.84 Å². The lowest BCUT2D eigenvalue weighted by Gasteiger charge is -2.19. The molecule has 2 heterocycles. The zero-order chi connectivity index (χ0) is 14.9. The van der Waals surface area contributed by atoms with Crippen LogP contribution in [0.2, 0.25) is 0 Å². The molecule has 112 valence electrons. The van der Waals surface area contributed by atoms with E-state index in [1.165, 1.54) is 16.2 Å². The number of urea groups is 1. The number of benzene rings is 2. The van der Waals surface area contributed by atoms with Crippen LogP contribution in [0.5, 0.6) is 0 Å². The number of hydroxylamine groups is 2. The lowest BCUT2D eigenvalue weighted by Crippen LogP contribution is -2.36. The van der Waals surface area contributed by atoms with E-state index in [0.717, 1.165) is 31.5 Å². The largest absolute Gasteiger partial charge is 0.346 e. The Kier molecular flexibility index (Phi) is 3.31. The Morgan fingerprint density at radius 1 is 0.909 bits per heavy atom. The molecular formula is C18H18N2O2. The fourth-order valence-electron chi connectivity index (χ4n) is 3.04. The minimum Gasteiger partial charge on any atom is -0.322 e. The van der Waals surface area contributed by atoms with Crippen LogP contribution < -0.4 is 0 Å². The van der Waals surface area contributed by atoms with Gasteiger partial charge in [-0.1, -0.05) is 54.6 Å². The van der Waals surface area contributed by atoms with Crippen LogP contribution >= 0.6 is 0 Å². The van der Waals surface area contributed by atoms with Gasteiger partial charge in [-0.3, -0.25) is 0 Å². The Morgan fingerprint density at radius 3 is 2.14 bits per heavy atom. The second-order valence-electron chi connectivity index (χ2n) is 5.73. The van der Waals surface area contributed by atoms with Gasteiger partial charge in [0, 0.05) is 18.7 Å². The maximum atomic E-state index is 12.6. The summed E-state index contributed by atoms with van der Waals surface area (Å²) in [4.78, 5) is 19.9. The average Bonchev–Trinajstić information content (AvgIpc) is 3.38. The summed E-state index contributed by atoms with van der Waals surface area (Å²) >= 11 is 0. The third kappa shape index (κ3) is 2.46. The van der Waals surface area contributed by atoms with E-state index < -0.39 is 0 Å². The Labute approximate surface area is 129 Å². The number of carbonyl (C=O) groups is 1. The molecule has 1 unspecified atom stereocenters. The van der Waals surface area contributed by atoms with E-state index >= 15 is 0 Å². The summed E-state index contributed by atoms with van der Waals surface area (Å²) in [5.41, 5.74) is 3.72. The van der Waals surface area contributed by atoms with E-state index in [2.05, 4.69) is 24.3 Å². The standard InChI is InChI=1S/C18H18N2O2/c21-18(20-17(22-20)16-8-2-1-3-9-16)19-12-10-14-6-4-5-7-15(14)11-13-19/h1-9,17H,10-13H2. The van der Waals surface area contributed by atoms with Crippen molar-refractivity contribution in [3.8, 4) is 0 Å². The van der Waals surface area contributed by atoms with Crippen LogP contribution in [-0.4, -0.2) is 29.1 Å². The van der Waals surface area contributed by atoms with Crippen LogP contribution in [0.4, 0.5) is 4.79 Å². The molecule has 0 N–H and O–H groups in total. The van der Waals surface area contributed by atoms with Gasteiger partial charge in [-0.05, 0) is 24.0 Å². The Balaban J connectivity index is 1.43. The number of fused-ring (bicyclic) bond motifs is 1. The molecule has 1 saturated heterocycles. The third-order valence-corrected chi connectivity index (χ3v) is 4.35. The molecule has 0 aliphatic carbocycles. The van der Waals surface area contributed by atoms with Crippen molar-refractivity contribution in [2.45, 2.75) is 19.1 Å². The van der Waals surface area contributed by atoms with E-state index in [-0.39, 0.29) is 12.3 Å². The van der Waals surface area contributed by atoms with Gasteiger partial charge in [0.05, 0.1) is 0 Å². The highest BCUT2D eigenvalue weighted by Crippen LogP contribution is 2.37. The first-order valence-corrected chi connectivity index (χ1v) is 7.69. The molecule has 0 aromatic heterocycles. The predicted octanol–water partition coefficient (Wildman–Crippen LogP) is 3.15. The number of amides is 2. The van der Waals surface area contributed by atoms with Crippen molar-refractivity contribution in [1.29, 1.82) is 0 Å². The number of hydrogen-bond donors (Lipinski definition) is 0. The van der Waals surface area contributed by atoms with Crippen LogP contribution in [0.25, 0.3) is 0 Å². The van der Waals surface area contributed by atoms with Gasteiger partial charge < -0.3 is 4.90 Å². The highest BCUT2D eigenvalue weighted by atomic mass is 16.8. The molecule has 0 bridgehead atoms. The Bertz CT molecular complexity index is 659. The highest BCUT2D eigenvalue weighted by molar-refractivity contribution is 5.75. The number of nitrogens with zero attached hydrogens (tertiary/aromatic N) is 2. The summed E-state index contributed by atoms with van der Waals surface area (Å²) in [6.45, 7) is 1.49. The van der Waals surface area contributed by atoms with E-state index in [1.807, 2.05) is 35.2 Å². The van der Waals surface area contributed by atoms with Crippen LogP contribution in [0.15, 0.2) is 54.6 Å². The van der Waals surface area contributed by atoms with E-state index in [9.17, 15) is 4.79 Å². The van der Waals surface area contributed by atoms with Crippen molar-refractivity contribution >= 4 is 6.03 Å². The number of carbonyl (C=O) groups excluding carboxylic acids is 1. The van der Waals surface area contributed by atoms with Crippen molar-refractivity contribution in [3.05, 3.63) is 71.3 Å². The van der Waals surface area contributed by atoms with E-state index in [0.29, 0.717) is 0 Å². The fourth-order valence-corrected chi connectivity index (χ4v) is 3.04. The van der Waals surface area contributed by atoms with Gasteiger partial charge in [-0.2, -0.15) is 5.06 Å². The SMILES string of the molecule is O=C(N1CCc2ccccc2CC1)N1OC1c1ccccc1. The van der Waals surface area contributed by atoms with Gasteiger partial charge >= 0.3 is 6.03 Å². The molecule has 2 aromatic carbocycles. The molecule has 2 aromatic rings. The second kappa shape index (κ2) is 5.46. The van der Waals surface area contributed by atoms with Gasteiger partial charge in [0.1, 0.15) is 0 Å². The quantitative estimate of drug-likeness (QED) is 0.757. The summed E-state index contributed by atoms with van der Waals surface area (Å²) in [6, 6.07) is 18.3. The highest BCUT2D eigenvalue weighted by Gasteiger charge is 2.44. The van der Waals surface area contributed by atoms with Crippen molar-refractivity contribution in [3.63, 3.8) is 0 Å². The fraction of sp³-hybridized carbons (Fsp3) is 0.278. The lowest BCUT2D eigenvalue weighted by molar-refractivity contribution is 0.139. The molecule has 1 fully saturated rings. The maximum Gasteiger partial charge on any atom is 0.346 e.